The van der Waals surface area contributed by atoms with Crippen LogP contribution in [0.3, 0.4) is 0 Å². The van der Waals surface area contributed by atoms with Gasteiger partial charge in [0.15, 0.2) is 12.4 Å². The average molecular weight is 283 g/mol. The van der Waals surface area contributed by atoms with E-state index in [1.165, 1.54) is 0 Å². The molecule has 0 amide bonds. The SMILES string of the molecule is C#Cc1cn(C2OC(CO)C(=CF)C2F)c(=O)nc1N. The van der Waals surface area contributed by atoms with E-state index in [4.69, 9.17) is 22.0 Å². The first-order chi connectivity index (χ1) is 9.53. The third-order valence-corrected chi connectivity index (χ3v) is 2.95. The second-order valence-corrected chi connectivity index (χ2v) is 4.08. The number of aliphatic hydroxyl groups is 1. The topological polar surface area (TPSA) is 90.4 Å². The second kappa shape index (κ2) is 5.40. The van der Waals surface area contributed by atoms with Crippen molar-refractivity contribution in [2.24, 2.45) is 0 Å². The van der Waals surface area contributed by atoms with E-state index < -0.39 is 30.8 Å². The van der Waals surface area contributed by atoms with E-state index in [0.29, 0.717) is 0 Å². The summed E-state index contributed by atoms with van der Waals surface area (Å²) in [6, 6.07) is 0. The number of aromatic nitrogens is 2. The van der Waals surface area contributed by atoms with Gasteiger partial charge in [0.1, 0.15) is 11.9 Å². The van der Waals surface area contributed by atoms with Gasteiger partial charge >= 0.3 is 5.69 Å². The molecule has 0 aromatic carbocycles. The van der Waals surface area contributed by atoms with Crippen molar-refractivity contribution < 1.29 is 18.6 Å². The van der Waals surface area contributed by atoms with E-state index >= 15 is 0 Å². The Hall–Kier alpha value is -2.24. The molecule has 2 rings (SSSR count). The molecule has 1 aliphatic rings. The minimum absolute atomic E-state index is 0.0173. The van der Waals surface area contributed by atoms with E-state index in [1.54, 1.807) is 0 Å². The number of nitrogen functional groups attached to an aromatic ring is 1. The molecule has 1 aromatic rings. The van der Waals surface area contributed by atoms with E-state index in [-0.39, 0.29) is 23.3 Å². The van der Waals surface area contributed by atoms with E-state index in [1.807, 2.05) is 0 Å². The van der Waals surface area contributed by atoms with Gasteiger partial charge in [-0.2, -0.15) is 4.98 Å². The van der Waals surface area contributed by atoms with Crippen LogP contribution in [-0.2, 0) is 4.74 Å². The number of hydrogen-bond donors (Lipinski definition) is 2. The van der Waals surface area contributed by atoms with Crippen LogP contribution >= 0.6 is 0 Å². The molecule has 0 saturated carbocycles. The first kappa shape index (κ1) is 14.2. The molecule has 1 aromatic heterocycles. The standard InChI is InChI=1S/C12H11F2N3O3/c1-2-6-4-17(12(19)16-10(6)15)11-9(14)7(3-13)8(5-18)20-11/h1,3-4,8-9,11,18H,5H2,(H2,15,16,19). The highest BCUT2D eigenvalue weighted by atomic mass is 19.1. The van der Waals surface area contributed by atoms with Crippen LogP contribution in [0.1, 0.15) is 11.8 Å². The molecule has 0 bridgehead atoms. The van der Waals surface area contributed by atoms with E-state index in [2.05, 4.69) is 10.9 Å². The van der Waals surface area contributed by atoms with Crippen molar-refractivity contribution in [2.75, 3.05) is 12.3 Å². The summed E-state index contributed by atoms with van der Waals surface area (Å²) in [7, 11) is 0. The number of halogens is 2. The minimum Gasteiger partial charge on any atom is -0.393 e. The molecule has 20 heavy (non-hydrogen) atoms. The molecule has 2 heterocycles. The highest BCUT2D eigenvalue weighted by Gasteiger charge is 2.42. The van der Waals surface area contributed by atoms with Gasteiger partial charge in [0, 0.05) is 11.8 Å². The zero-order chi connectivity index (χ0) is 14.9. The Balaban J connectivity index is 2.48. The molecule has 1 saturated heterocycles. The first-order valence-electron chi connectivity index (χ1n) is 5.59. The Kier molecular flexibility index (Phi) is 3.83. The molecule has 3 atom stereocenters. The van der Waals surface area contributed by atoms with Gasteiger partial charge in [0.25, 0.3) is 0 Å². The van der Waals surface area contributed by atoms with Crippen LogP contribution in [0.25, 0.3) is 0 Å². The summed E-state index contributed by atoms with van der Waals surface area (Å²) in [5.41, 5.74) is 4.24. The molecule has 0 aliphatic carbocycles. The molecule has 1 fully saturated rings. The lowest BCUT2D eigenvalue weighted by Crippen LogP contribution is -2.31. The predicted molar refractivity (Wildman–Crippen MR) is 65.9 cm³/mol. The first-order valence-corrected chi connectivity index (χ1v) is 5.59. The number of rotatable bonds is 2. The third kappa shape index (κ3) is 2.17. The summed E-state index contributed by atoms with van der Waals surface area (Å²) in [5.74, 6) is 2.02. The number of alkyl halides is 1. The Morgan fingerprint density at radius 1 is 1.70 bits per heavy atom. The van der Waals surface area contributed by atoms with Crippen molar-refractivity contribution in [1.29, 1.82) is 0 Å². The Labute approximate surface area is 112 Å². The largest absolute Gasteiger partial charge is 0.393 e. The summed E-state index contributed by atoms with van der Waals surface area (Å²) < 4.78 is 32.6. The number of hydrogen-bond acceptors (Lipinski definition) is 5. The van der Waals surface area contributed by atoms with Gasteiger partial charge in [-0.1, -0.05) is 5.92 Å². The minimum atomic E-state index is -1.94. The monoisotopic (exact) mass is 283 g/mol. The van der Waals surface area contributed by atoms with Crippen LogP contribution in [-0.4, -0.2) is 33.5 Å². The summed E-state index contributed by atoms with van der Waals surface area (Å²) in [4.78, 5) is 15.2. The summed E-state index contributed by atoms with van der Waals surface area (Å²) in [5, 5.41) is 9.01. The van der Waals surface area contributed by atoms with Crippen LogP contribution in [0.5, 0.6) is 0 Å². The number of ether oxygens (including phenoxy) is 1. The van der Waals surface area contributed by atoms with Gasteiger partial charge < -0.3 is 15.6 Å². The summed E-state index contributed by atoms with van der Waals surface area (Å²) in [6.45, 7) is -0.619. The van der Waals surface area contributed by atoms with Crippen LogP contribution < -0.4 is 11.4 Å². The van der Waals surface area contributed by atoms with Crippen molar-refractivity contribution in [3.05, 3.63) is 34.1 Å². The maximum absolute atomic E-state index is 14.1. The summed E-state index contributed by atoms with van der Waals surface area (Å²) in [6.07, 6.45) is 1.74. The number of nitrogens with zero attached hydrogens (tertiary/aromatic N) is 2. The average Bonchev–Trinajstić information content (AvgIpc) is 2.75. The van der Waals surface area contributed by atoms with Crippen molar-refractivity contribution in [2.45, 2.75) is 18.5 Å². The maximum atomic E-state index is 14.1. The van der Waals surface area contributed by atoms with Crippen molar-refractivity contribution in [3.8, 4) is 12.3 Å². The fraction of sp³-hybridized carbons (Fsp3) is 0.333. The highest BCUT2D eigenvalue weighted by Crippen LogP contribution is 2.35. The van der Waals surface area contributed by atoms with Crippen LogP contribution in [0, 0.1) is 12.3 Å². The molecule has 3 N–H and O–H groups in total. The van der Waals surface area contributed by atoms with Crippen LogP contribution in [0.2, 0.25) is 0 Å². The Bertz CT molecular complexity index is 650. The van der Waals surface area contributed by atoms with E-state index in [9.17, 15) is 13.6 Å². The third-order valence-electron chi connectivity index (χ3n) is 2.95. The Morgan fingerprint density at radius 2 is 2.40 bits per heavy atom. The molecule has 0 spiro atoms. The van der Waals surface area contributed by atoms with Crippen LogP contribution in [0.15, 0.2) is 22.9 Å². The van der Waals surface area contributed by atoms with E-state index in [0.717, 1.165) is 10.8 Å². The normalized spacial score (nSPS) is 27.7. The molecule has 106 valence electrons. The lowest BCUT2D eigenvalue weighted by molar-refractivity contribution is -0.0375. The summed E-state index contributed by atoms with van der Waals surface area (Å²) >= 11 is 0. The fourth-order valence-corrected chi connectivity index (χ4v) is 1.92. The van der Waals surface area contributed by atoms with Gasteiger partial charge in [-0.3, -0.25) is 4.57 Å². The zero-order valence-corrected chi connectivity index (χ0v) is 10.2. The lowest BCUT2D eigenvalue weighted by Gasteiger charge is -2.16. The number of nitrogens with two attached hydrogens (primary N) is 1. The fourth-order valence-electron chi connectivity index (χ4n) is 1.92. The Morgan fingerprint density at radius 3 is 2.90 bits per heavy atom. The predicted octanol–water partition coefficient (Wildman–Crippen LogP) is -0.112. The second-order valence-electron chi connectivity index (χ2n) is 4.08. The molecule has 8 heteroatoms. The number of anilines is 1. The highest BCUT2D eigenvalue weighted by molar-refractivity contribution is 5.47. The quantitative estimate of drug-likeness (QED) is 0.739. The molecule has 3 unspecified atom stereocenters. The molecule has 1 aliphatic heterocycles. The molecular formula is C12H11F2N3O3. The maximum Gasteiger partial charge on any atom is 0.351 e. The molecular weight excluding hydrogens is 272 g/mol. The number of aliphatic hydroxyl groups excluding tert-OH is 1. The number of terminal acetylenes is 1. The van der Waals surface area contributed by atoms with Crippen molar-refractivity contribution >= 4 is 5.82 Å². The smallest absolute Gasteiger partial charge is 0.351 e. The van der Waals surface area contributed by atoms with Crippen LogP contribution in [0.4, 0.5) is 14.6 Å². The van der Waals surface area contributed by atoms with Crippen molar-refractivity contribution in [3.63, 3.8) is 0 Å². The lowest BCUT2D eigenvalue weighted by atomic mass is 10.1. The van der Waals surface area contributed by atoms with Gasteiger partial charge in [0.2, 0.25) is 0 Å². The van der Waals surface area contributed by atoms with Gasteiger partial charge in [0.05, 0.1) is 18.5 Å². The van der Waals surface area contributed by atoms with Crippen molar-refractivity contribution in [1.82, 2.24) is 9.55 Å². The van der Waals surface area contributed by atoms with Gasteiger partial charge in [-0.15, -0.1) is 6.42 Å². The van der Waals surface area contributed by atoms with Gasteiger partial charge in [-0.05, 0) is 0 Å². The van der Waals surface area contributed by atoms with Gasteiger partial charge in [-0.25, -0.2) is 13.6 Å². The molecule has 6 nitrogen and oxygen atoms in total. The molecule has 0 radical (unpaired) electrons. The zero-order valence-electron chi connectivity index (χ0n) is 10.2.